The molecule has 4 aliphatic carbocycles. The largest absolute Gasteiger partial charge is 0.385 e. The van der Waals surface area contributed by atoms with Gasteiger partial charge in [-0.1, -0.05) is 65.7 Å². The SMILES string of the molecule is CCC(CC#N)OC.COC(C#N)C(C)C.COC(C1CCCC1)C1(C#N)CC1.COC(C1CCCCC1)C1(C#N)CCC1.COCCCCCC#N. The van der Waals surface area contributed by atoms with Crippen LogP contribution in [-0.4, -0.2) is 66.6 Å². The van der Waals surface area contributed by atoms with Crippen LogP contribution in [0.15, 0.2) is 0 Å². The highest BCUT2D eigenvalue weighted by Crippen LogP contribution is 2.53. The van der Waals surface area contributed by atoms with E-state index in [1.54, 1.807) is 35.5 Å². The van der Waals surface area contributed by atoms with Crippen molar-refractivity contribution in [2.45, 2.75) is 174 Å². The summed E-state index contributed by atoms with van der Waals surface area (Å²) in [6.45, 7) is 6.74. The van der Waals surface area contributed by atoms with Crippen LogP contribution in [0.5, 0.6) is 0 Å². The van der Waals surface area contributed by atoms with E-state index in [4.69, 9.17) is 44.7 Å². The maximum atomic E-state index is 9.34. The average Bonchev–Trinajstić information content (AvgIpc) is 3.77. The minimum atomic E-state index is -0.241. The molecule has 0 heterocycles. The first-order chi connectivity index (χ1) is 25.6. The molecule has 4 saturated carbocycles. The molecule has 0 amide bonds. The van der Waals surface area contributed by atoms with E-state index in [1.807, 2.05) is 32.9 Å². The summed E-state index contributed by atoms with van der Waals surface area (Å²) < 4.78 is 25.8. The molecule has 53 heavy (non-hydrogen) atoms. The molecule has 300 valence electrons. The first-order valence-electron chi connectivity index (χ1n) is 20.2. The van der Waals surface area contributed by atoms with Gasteiger partial charge in [-0.3, -0.25) is 0 Å². The van der Waals surface area contributed by atoms with Crippen molar-refractivity contribution in [1.82, 2.24) is 0 Å². The Bertz CT molecular complexity index is 1120. The summed E-state index contributed by atoms with van der Waals surface area (Å²) in [4.78, 5) is 0. The second kappa shape index (κ2) is 30.6. The highest BCUT2D eigenvalue weighted by molar-refractivity contribution is 5.15. The molecule has 4 aliphatic rings. The lowest BCUT2D eigenvalue weighted by molar-refractivity contribution is -0.0686. The van der Waals surface area contributed by atoms with Crippen molar-refractivity contribution in [3.8, 4) is 30.3 Å². The summed E-state index contributed by atoms with van der Waals surface area (Å²) >= 11 is 0. The minimum Gasteiger partial charge on any atom is -0.385 e. The third-order valence-corrected chi connectivity index (χ3v) is 11.2. The van der Waals surface area contributed by atoms with Gasteiger partial charge in [0.15, 0.2) is 0 Å². The van der Waals surface area contributed by atoms with Crippen LogP contribution in [0.4, 0.5) is 0 Å². The van der Waals surface area contributed by atoms with Crippen LogP contribution in [0.1, 0.15) is 149 Å². The van der Waals surface area contributed by atoms with E-state index >= 15 is 0 Å². The number of ether oxygens (including phenoxy) is 5. The van der Waals surface area contributed by atoms with Crippen LogP contribution in [-0.2, 0) is 23.7 Å². The fourth-order valence-corrected chi connectivity index (χ4v) is 7.65. The number of hydrogen-bond donors (Lipinski definition) is 0. The van der Waals surface area contributed by atoms with Crippen LogP contribution < -0.4 is 0 Å². The Hall–Kier alpha value is -2.75. The molecular weight excluding hydrogens is 667 g/mol. The van der Waals surface area contributed by atoms with E-state index in [9.17, 15) is 5.26 Å². The number of methoxy groups -OCH3 is 5. The van der Waals surface area contributed by atoms with Gasteiger partial charge in [-0.2, -0.15) is 26.3 Å². The molecular formula is C43H73N5O5. The van der Waals surface area contributed by atoms with E-state index in [0.717, 1.165) is 58.0 Å². The monoisotopic (exact) mass is 740 g/mol. The topological polar surface area (TPSA) is 165 Å². The Kier molecular flexibility index (Phi) is 29.0. The molecule has 0 bridgehead atoms. The van der Waals surface area contributed by atoms with Gasteiger partial charge in [-0.05, 0) is 88.4 Å². The van der Waals surface area contributed by atoms with Crippen molar-refractivity contribution < 1.29 is 23.7 Å². The van der Waals surface area contributed by atoms with Gasteiger partial charge in [0.1, 0.15) is 6.10 Å². The number of nitrogens with zero attached hydrogens (tertiary/aromatic N) is 5. The molecule has 0 radical (unpaired) electrons. The van der Waals surface area contributed by atoms with Crippen molar-refractivity contribution >= 4 is 0 Å². The fraction of sp³-hybridized carbons (Fsp3) is 0.884. The summed E-state index contributed by atoms with van der Waals surface area (Å²) in [7, 11) is 8.43. The van der Waals surface area contributed by atoms with Gasteiger partial charge in [0.05, 0.1) is 65.9 Å². The highest BCUT2D eigenvalue weighted by Gasteiger charge is 2.53. The molecule has 10 nitrogen and oxygen atoms in total. The van der Waals surface area contributed by atoms with Gasteiger partial charge < -0.3 is 23.7 Å². The molecule has 0 aromatic heterocycles. The number of unbranched alkanes of at least 4 members (excludes halogenated alkanes) is 3. The molecule has 0 aromatic rings. The van der Waals surface area contributed by atoms with Crippen LogP contribution in [0, 0.1) is 85.2 Å². The Balaban J connectivity index is 0.000000657. The van der Waals surface area contributed by atoms with E-state index in [1.165, 1.54) is 64.2 Å². The summed E-state index contributed by atoms with van der Waals surface area (Å²) in [5.74, 6) is 1.60. The lowest BCUT2D eigenvalue weighted by Gasteiger charge is -2.45. The number of nitriles is 5. The highest BCUT2D eigenvalue weighted by atomic mass is 16.5. The summed E-state index contributed by atoms with van der Waals surface area (Å²) in [5.41, 5.74) is -0.222. The summed E-state index contributed by atoms with van der Waals surface area (Å²) in [6, 6.07) is 11.2. The molecule has 0 aliphatic heterocycles. The zero-order chi connectivity index (χ0) is 40.0. The van der Waals surface area contributed by atoms with E-state index < -0.39 is 0 Å². The predicted molar refractivity (Wildman–Crippen MR) is 208 cm³/mol. The van der Waals surface area contributed by atoms with Gasteiger partial charge in [-0.15, -0.1) is 0 Å². The van der Waals surface area contributed by atoms with Gasteiger partial charge in [0.2, 0.25) is 0 Å². The standard InChI is InChI=1S/C13H21NO.C11H17NO.C7H13NO.2C6H11NO/c1-15-12(11-6-3-2-4-7-11)13(10-14)8-5-9-13;1-13-10(9-4-2-3-5-9)11(8-12)6-7-11;1-9-7-5-3-2-4-6-8;1-5(2)6(4-7)8-3;1-3-6(8-2)4-5-7/h11-12H,2-9H2,1H3;9-10H,2-7H2,1H3;2-5,7H2,1H3;5-6H,1-3H3;6H,3-4H2,1-2H3. The van der Waals surface area contributed by atoms with Crippen molar-refractivity contribution in [3.63, 3.8) is 0 Å². The van der Waals surface area contributed by atoms with Gasteiger partial charge in [0, 0.05) is 48.6 Å². The first-order valence-corrected chi connectivity index (χ1v) is 20.2. The lowest BCUT2D eigenvalue weighted by Crippen LogP contribution is -2.46. The van der Waals surface area contributed by atoms with Gasteiger partial charge in [-0.25, -0.2) is 0 Å². The zero-order valence-corrected chi connectivity index (χ0v) is 34.7. The Labute approximate surface area is 324 Å². The number of hydrogen-bond acceptors (Lipinski definition) is 10. The van der Waals surface area contributed by atoms with Crippen LogP contribution in [0.2, 0.25) is 0 Å². The van der Waals surface area contributed by atoms with Crippen LogP contribution in [0.25, 0.3) is 0 Å². The van der Waals surface area contributed by atoms with E-state index in [2.05, 4.69) is 18.2 Å². The minimum absolute atomic E-state index is 0.0935. The zero-order valence-electron chi connectivity index (χ0n) is 34.7. The van der Waals surface area contributed by atoms with Gasteiger partial charge in [0.25, 0.3) is 0 Å². The van der Waals surface area contributed by atoms with Crippen LogP contribution in [0.3, 0.4) is 0 Å². The molecule has 4 fully saturated rings. The normalized spacial score (nSPS) is 20.2. The first kappa shape index (κ1) is 50.2. The molecule has 4 rings (SSSR count). The van der Waals surface area contributed by atoms with E-state index in [-0.39, 0.29) is 35.2 Å². The molecule has 0 saturated heterocycles. The Morgan fingerprint density at radius 3 is 1.38 bits per heavy atom. The molecule has 10 heteroatoms. The Morgan fingerprint density at radius 2 is 1.11 bits per heavy atom. The van der Waals surface area contributed by atoms with Gasteiger partial charge >= 0.3 is 0 Å². The Morgan fingerprint density at radius 1 is 0.604 bits per heavy atom. The number of rotatable bonds is 16. The quantitative estimate of drug-likeness (QED) is 0.139. The second-order valence-electron chi connectivity index (χ2n) is 15.3. The summed E-state index contributed by atoms with van der Waals surface area (Å²) in [5, 5.41) is 43.1. The fourth-order valence-electron chi connectivity index (χ4n) is 7.65. The third kappa shape index (κ3) is 18.9. The maximum absolute atomic E-state index is 9.34. The molecule has 0 N–H and O–H groups in total. The molecule has 4 unspecified atom stereocenters. The van der Waals surface area contributed by atoms with Crippen molar-refractivity contribution in [2.75, 3.05) is 42.2 Å². The molecule has 0 spiro atoms. The van der Waals surface area contributed by atoms with Crippen molar-refractivity contribution in [3.05, 3.63) is 0 Å². The maximum Gasteiger partial charge on any atom is 0.145 e. The third-order valence-electron chi connectivity index (χ3n) is 11.2. The predicted octanol–water partition coefficient (Wildman–Crippen LogP) is 9.99. The average molecular weight is 740 g/mol. The second-order valence-corrected chi connectivity index (χ2v) is 15.3. The summed E-state index contributed by atoms with van der Waals surface area (Å²) in [6.07, 6.45) is 22.8. The van der Waals surface area contributed by atoms with Crippen LogP contribution >= 0.6 is 0 Å². The van der Waals surface area contributed by atoms with E-state index in [0.29, 0.717) is 30.6 Å². The molecule has 0 aromatic carbocycles. The molecule has 4 atom stereocenters. The van der Waals surface area contributed by atoms with Crippen molar-refractivity contribution in [1.29, 1.82) is 26.3 Å². The lowest BCUT2D eigenvalue weighted by atomic mass is 9.61. The smallest absolute Gasteiger partial charge is 0.145 e. The van der Waals surface area contributed by atoms with Crippen molar-refractivity contribution in [2.24, 2.45) is 28.6 Å².